The summed E-state index contributed by atoms with van der Waals surface area (Å²) in [6, 6.07) is 0. The molecule has 0 amide bonds. The number of rotatable bonds is 0. The second kappa shape index (κ2) is 2.48. The third-order valence-corrected chi connectivity index (χ3v) is 2.56. The van der Waals surface area contributed by atoms with E-state index in [4.69, 9.17) is 9.47 Å². The predicted octanol–water partition coefficient (Wildman–Crippen LogP) is 1.22. The Morgan fingerprint density at radius 2 is 1.91 bits per heavy atom. The van der Waals surface area contributed by atoms with Gasteiger partial charge < -0.3 is 9.47 Å². The minimum absolute atomic E-state index is 0.141. The van der Waals surface area contributed by atoms with Gasteiger partial charge in [-0.25, -0.2) is 4.79 Å². The Balaban J connectivity index is 2.12. The maximum Gasteiger partial charge on any atom is 0.340 e. The van der Waals surface area contributed by atoms with E-state index in [-0.39, 0.29) is 12.8 Å². The van der Waals surface area contributed by atoms with Crippen LogP contribution in [0.25, 0.3) is 0 Å². The first-order valence-electron chi connectivity index (χ1n) is 4.15. The monoisotopic (exact) mass is 156 g/mol. The van der Waals surface area contributed by atoms with Crippen molar-refractivity contribution in [3.63, 3.8) is 0 Å². The van der Waals surface area contributed by atoms with Gasteiger partial charge in [0.25, 0.3) is 0 Å². The Kier molecular flexibility index (Phi) is 1.60. The van der Waals surface area contributed by atoms with Gasteiger partial charge in [0.15, 0.2) is 12.4 Å². The van der Waals surface area contributed by atoms with Crippen molar-refractivity contribution in [3.05, 3.63) is 0 Å². The summed E-state index contributed by atoms with van der Waals surface area (Å²) in [4.78, 5) is 11.2. The summed E-state index contributed by atoms with van der Waals surface area (Å²) >= 11 is 0. The van der Waals surface area contributed by atoms with E-state index in [0.717, 1.165) is 25.7 Å². The number of carbonyl (C=O) groups is 1. The summed E-state index contributed by atoms with van der Waals surface area (Å²) in [6.07, 6.45) is 5.11. The summed E-state index contributed by atoms with van der Waals surface area (Å²) < 4.78 is 10.1. The number of carbonyl (C=O) groups excluding carboxylic acids is 1. The highest BCUT2D eigenvalue weighted by atomic mass is 16.7. The summed E-state index contributed by atoms with van der Waals surface area (Å²) in [5.74, 6) is -0.141. The van der Waals surface area contributed by atoms with Crippen LogP contribution in [-0.2, 0) is 14.3 Å². The molecule has 0 unspecified atom stereocenters. The first kappa shape index (κ1) is 7.10. The fourth-order valence-corrected chi connectivity index (χ4v) is 1.86. The standard InChI is InChI=1S/C8H12O3/c9-7-8(11-6-10-7)4-2-1-3-5-8/h1-6H2. The van der Waals surface area contributed by atoms with Crippen molar-refractivity contribution in [1.29, 1.82) is 0 Å². The average molecular weight is 156 g/mol. The summed E-state index contributed by atoms with van der Waals surface area (Å²) in [6.45, 7) is 0.166. The third-order valence-electron chi connectivity index (χ3n) is 2.56. The first-order valence-corrected chi connectivity index (χ1v) is 4.15. The Labute approximate surface area is 65.7 Å². The van der Waals surface area contributed by atoms with E-state index in [2.05, 4.69) is 0 Å². The van der Waals surface area contributed by atoms with Gasteiger partial charge in [0.05, 0.1) is 0 Å². The van der Waals surface area contributed by atoms with Crippen LogP contribution >= 0.6 is 0 Å². The zero-order valence-electron chi connectivity index (χ0n) is 6.47. The lowest BCUT2D eigenvalue weighted by molar-refractivity contribution is -0.145. The largest absolute Gasteiger partial charge is 0.436 e. The molecule has 11 heavy (non-hydrogen) atoms. The second-order valence-electron chi connectivity index (χ2n) is 3.25. The molecule has 0 aromatic rings. The molecule has 1 spiro atoms. The smallest absolute Gasteiger partial charge is 0.340 e. The topological polar surface area (TPSA) is 35.5 Å². The van der Waals surface area contributed by atoms with Crippen LogP contribution in [0.3, 0.4) is 0 Å². The van der Waals surface area contributed by atoms with Crippen LogP contribution in [0.5, 0.6) is 0 Å². The van der Waals surface area contributed by atoms with Gasteiger partial charge in [-0.2, -0.15) is 0 Å². The van der Waals surface area contributed by atoms with E-state index >= 15 is 0 Å². The van der Waals surface area contributed by atoms with Gasteiger partial charge in [-0.05, 0) is 25.7 Å². The highest BCUT2D eigenvalue weighted by Gasteiger charge is 2.46. The fourth-order valence-electron chi connectivity index (χ4n) is 1.86. The molecule has 2 fully saturated rings. The van der Waals surface area contributed by atoms with Crippen molar-refractivity contribution in [2.45, 2.75) is 37.7 Å². The molecule has 1 saturated heterocycles. The molecule has 0 bridgehead atoms. The van der Waals surface area contributed by atoms with Gasteiger partial charge in [-0.15, -0.1) is 0 Å². The van der Waals surface area contributed by atoms with Crippen molar-refractivity contribution >= 4 is 5.97 Å². The molecule has 3 heteroatoms. The zero-order chi connectivity index (χ0) is 7.73. The van der Waals surface area contributed by atoms with Crippen LogP contribution in [0, 0.1) is 0 Å². The number of hydrogen-bond acceptors (Lipinski definition) is 3. The third kappa shape index (κ3) is 1.03. The fraction of sp³-hybridized carbons (Fsp3) is 0.875. The Hall–Kier alpha value is -0.570. The SMILES string of the molecule is O=C1OCOC12CCCCC2. The Morgan fingerprint density at radius 1 is 1.18 bits per heavy atom. The molecule has 1 saturated carbocycles. The van der Waals surface area contributed by atoms with Crippen molar-refractivity contribution in [2.24, 2.45) is 0 Å². The first-order chi connectivity index (χ1) is 5.33. The molecule has 0 radical (unpaired) electrons. The van der Waals surface area contributed by atoms with E-state index in [0.29, 0.717) is 0 Å². The molecule has 1 heterocycles. The number of esters is 1. The minimum atomic E-state index is -0.530. The number of ether oxygens (including phenoxy) is 2. The lowest BCUT2D eigenvalue weighted by atomic mass is 9.85. The molecular weight excluding hydrogens is 144 g/mol. The Morgan fingerprint density at radius 3 is 2.45 bits per heavy atom. The molecular formula is C8H12O3. The van der Waals surface area contributed by atoms with Crippen molar-refractivity contribution < 1.29 is 14.3 Å². The van der Waals surface area contributed by atoms with Crippen molar-refractivity contribution in [1.82, 2.24) is 0 Å². The highest BCUT2D eigenvalue weighted by Crippen LogP contribution is 2.35. The van der Waals surface area contributed by atoms with Gasteiger partial charge in [0, 0.05) is 0 Å². The zero-order valence-corrected chi connectivity index (χ0v) is 6.47. The number of hydrogen-bond donors (Lipinski definition) is 0. The summed E-state index contributed by atoms with van der Waals surface area (Å²) in [5.41, 5.74) is -0.530. The lowest BCUT2D eigenvalue weighted by Gasteiger charge is -2.27. The van der Waals surface area contributed by atoms with Crippen LogP contribution in [0.4, 0.5) is 0 Å². The van der Waals surface area contributed by atoms with E-state index in [1.165, 1.54) is 6.42 Å². The van der Waals surface area contributed by atoms with E-state index in [1.807, 2.05) is 0 Å². The molecule has 3 nitrogen and oxygen atoms in total. The van der Waals surface area contributed by atoms with Crippen LogP contribution in [0.1, 0.15) is 32.1 Å². The molecule has 0 aromatic carbocycles. The number of cyclic esters (lactones) is 1. The van der Waals surface area contributed by atoms with Crippen molar-refractivity contribution in [2.75, 3.05) is 6.79 Å². The lowest BCUT2D eigenvalue weighted by Crippen LogP contribution is -2.38. The van der Waals surface area contributed by atoms with Crippen LogP contribution in [0.15, 0.2) is 0 Å². The van der Waals surface area contributed by atoms with Crippen LogP contribution in [-0.4, -0.2) is 18.4 Å². The molecule has 0 N–H and O–H groups in total. The molecule has 1 aliphatic carbocycles. The molecule has 1 aliphatic heterocycles. The van der Waals surface area contributed by atoms with Gasteiger partial charge >= 0.3 is 5.97 Å². The summed E-state index contributed by atoms with van der Waals surface area (Å²) in [7, 11) is 0. The van der Waals surface area contributed by atoms with Gasteiger partial charge in [0.1, 0.15) is 0 Å². The Bertz CT molecular complexity index is 170. The van der Waals surface area contributed by atoms with E-state index in [1.54, 1.807) is 0 Å². The average Bonchev–Trinajstić information content (AvgIpc) is 2.36. The quantitative estimate of drug-likeness (QED) is 0.495. The van der Waals surface area contributed by atoms with Gasteiger partial charge in [-0.3, -0.25) is 0 Å². The molecule has 2 rings (SSSR count). The maximum absolute atomic E-state index is 11.2. The van der Waals surface area contributed by atoms with Gasteiger partial charge in [-0.1, -0.05) is 6.42 Å². The van der Waals surface area contributed by atoms with Crippen LogP contribution < -0.4 is 0 Å². The van der Waals surface area contributed by atoms with E-state index in [9.17, 15) is 4.79 Å². The predicted molar refractivity (Wildman–Crippen MR) is 37.9 cm³/mol. The highest BCUT2D eigenvalue weighted by molar-refractivity contribution is 5.80. The maximum atomic E-state index is 11.2. The minimum Gasteiger partial charge on any atom is -0.436 e. The van der Waals surface area contributed by atoms with Crippen LogP contribution in [0.2, 0.25) is 0 Å². The van der Waals surface area contributed by atoms with E-state index < -0.39 is 5.60 Å². The molecule has 2 aliphatic rings. The summed E-state index contributed by atoms with van der Waals surface area (Å²) in [5, 5.41) is 0. The molecule has 62 valence electrons. The molecule has 0 atom stereocenters. The normalized spacial score (nSPS) is 28.9. The van der Waals surface area contributed by atoms with Crippen molar-refractivity contribution in [3.8, 4) is 0 Å². The second-order valence-corrected chi connectivity index (χ2v) is 3.25. The molecule has 0 aromatic heterocycles. The van der Waals surface area contributed by atoms with Gasteiger partial charge in [0.2, 0.25) is 0 Å².